The van der Waals surface area contributed by atoms with Crippen LogP contribution in [0.2, 0.25) is 0 Å². The topological polar surface area (TPSA) is 56.1 Å². The second kappa shape index (κ2) is 7.38. The molecule has 0 heterocycles. The Hall–Kier alpha value is -1.08. The second-order valence-corrected chi connectivity index (χ2v) is 5.26. The molecule has 0 aromatic heterocycles. The molecule has 0 aromatic rings. The molecule has 1 saturated carbocycles. The van der Waals surface area contributed by atoms with Gasteiger partial charge in [-0.15, -0.1) is 0 Å². The number of amides is 1. The monoisotopic (exact) mass is 251 g/mol. The molecule has 0 aromatic carbocycles. The fourth-order valence-electron chi connectivity index (χ4n) is 2.52. The van der Waals surface area contributed by atoms with E-state index in [4.69, 9.17) is 5.26 Å². The maximum Gasteiger partial charge on any atom is 0.237 e. The maximum atomic E-state index is 12.1. The van der Waals surface area contributed by atoms with Gasteiger partial charge in [0.1, 0.15) is 0 Å². The van der Waals surface area contributed by atoms with Crippen LogP contribution in [-0.2, 0) is 4.79 Å². The Kier molecular flexibility index (Phi) is 6.14. The van der Waals surface area contributed by atoms with Gasteiger partial charge >= 0.3 is 0 Å². The zero-order valence-corrected chi connectivity index (χ0v) is 11.8. The molecule has 18 heavy (non-hydrogen) atoms. The molecule has 4 nitrogen and oxygen atoms in total. The maximum absolute atomic E-state index is 12.1. The van der Waals surface area contributed by atoms with E-state index >= 15 is 0 Å². The van der Waals surface area contributed by atoms with Gasteiger partial charge in [0.15, 0.2) is 0 Å². The summed E-state index contributed by atoms with van der Waals surface area (Å²) in [6.07, 6.45) is 5.59. The van der Waals surface area contributed by atoms with Crippen molar-refractivity contribution in [3.05, 3.63) is 0 Å². The molecule has 1 fully saturated rings. The zero-order valence-electron chi connectivity index (χ0n) is 11.8. The summed E-state index contributed by atoms with van der Waals surface area (Å²) in [6.45, 7) is 6.32. The average molecular weight is 251 g/mol. The van der Waals surface area contributed by atoms with Crippen LogP contribution in [0.25, 0.3) is 0 Å². The molecule has 0 spiro atoms. The van der Waals surface area contributed by atoms with Crippen LogP contribution in [-0.4, -0.2) is 35.5 Å². The van der Waals surface area contributed by atoms with E-state index in [2.05, 4.69) is 23.2 Å². The third-order valence-electron chi connectivity index (χ3n) is 3.92. The highest BCUT2D eigenvalue weighted by Crippen LogP contribution is 2.24. The molecule has 0 bridgehead atoms. The summed E-state index contributed by atoms with van der Waals surface area (Å²) in [7, 11) is 0. The average Bonchev–Trinajstić information content (AvgIpc) is 2.88. The number of nitrogens with one attached hydrogen (secondary N) is 1. The van der Waals surface area contributed by atoms with Crippen LogP contribution in [0.1, 0.15) is 52.9 Å². The van der Waals surface area contributed by atoms with Crippen LogP contribution in [0.5, 0.6) is 0 Å². The normalized spacial score (nSPS) is 19.5. The van der Waals surface area contributed by atoms with Crippen LogP contribution in [0.15, 0.2) is 0 Å². The quantitative estimate of drug-likeness (QED) is 0.735. The molecule has 4 heteroatoms. The predicted molar refractivity (Wildman–Crippen MR) is 71.9 cm³/mol. The van der Waals surface area contributed by atoms with Gasteiger partial charge in [-0.25, -0.2) is 0 Å². The number of carbonyl (C=O) groups excluding carboxylic acids is 1. The van der Waals surface area contributed by atoms with E-state index in [1.54, 1.807) is 0 Å². The first-order valence-corrected chi connectivity index (χ1v) is 7.03. The van der Waals surface area contributed by atoms with E-state index in [1.165, 1.54) is 12.8 Å². The lowest BCUT2D eigenvalue weighted by Gasteiger charge is -2.32. The highest BCUT2D eigenvalue weighted by Gasteiger charge is 2.30. The minimum Gasteiger partial charge on any atom is -0.352 e. The largest absolute Gasteiger partial charge is 0.352 e. The van der Waals surface area contributed by atoms with Gasteiger partial charge in [0.25, 0.3) is 0 Å². The van der Waals surface area contributed by atoms with Gasteiger partial charge in [-0.2, -0.15) is 5.26 Å². The molecule has 102 valence electrons. The van der Waals surface area contributed by atoms with Crippen LogP contribution in [0.4, 0.5) is 0 Å². The molecular weight excluding hydrogens is 226 g/mol. The zero-order chi connectivity index (χ0) is 13.5. The summed E-state index contributed by atoms with van der Waals surface area (Å²) in [6, 6.07) is 2.59. The highest BCUT2D eigenvalue weighted by atomic mass is 16.2. The molecular formula is C14H25N3O. The van der Waals surface area contributed by atoms with Crippen molar-refractivity contribution in [2.45, 2.75) is 71.0 Å². The Bertz CT molecular complexity index is 305. The van der Waals surface area contributed by atoms with Crippen molar-refractivity contribution in [3.63, 3.8) is 0 Å². The molecule has 1 aliphatic carbocycles. The highest BCUT2D eigenvalue weighted by molar-refractivity contribution is 5.81. The van der Waals surface area contributed by atoms with Crippen LogP contribution >= 0.6 is 0 Å². The van der Waals surface area contributed by atoms with Crippen molar-refractivity contribution in [1.29, 1.82) is 5.26 Å². The van der Waals surface area contributed by atoms with E-state index in [1.807, 2.05) is 13.8 Å². The summed E-state index contributed by atoms with van der Waals surface area (Å²) in [5, 5.41) is 11.9. The molecule has 2 unspecified atom stereocenters. The fraction of sp³-hybridized carbons (Fsp3) is 0.857. The van der Waals surface area contributed by atoms with Gasteiger partial charge in [-0.3, -0.25) is 9.69 Å². The first kappa shape index (κ1) is 15.0. The second-order valence-electron chi connectivity index (χ2n) is 5.26. The van der Waals surface area contributed by atoms with Gasteiger partial charge in [0.2, 0.25) is 5.91 Å². The lowest BCUT2D eigenvalue weighted by molar-refractivity contribution is -0.127. The van der Waals surface area contributed by atoms with E-state index in [0.717, 1.165) is 19.3 Å². The summed E-state index contributed by atoms with van der Waals surface area (Å²) in [5.41, 5.74) is 0. The van der Waals surface area contributed by atoms with Crippen LogP contribution in [0.3, 0.4) is 0 Å². The fourth-order valence-corrected chi connectivity index (χ4v) is 2.52. The van der Waals surface area contributed by atoms with Gasteiger partial charge in [0.05, 0.1) is 18.7 Å². The van der Waals surface area contributed by atoms with Crippen molar-refractivity contribution in [1.82, 2.24) is 10.2 Å². The summed E-state index contributed by atoms with van der Waals surface area (Å²) >= 11 is 0. The Balaban J connectivity index is 2.60. The minimum atomic E-state index is -0.207. The van der Waals surface area contributed by atoms with Crippen molar-refractivity contribution < 1.29 is 4.79 Å². The number of hydrogen-bond acceptors (Lipinski definition) is 3. The first-order chi connectivity index (χ1) is 8.60. The molecule has 1 N–H and O–H groups in total. The number of hydrogen-bond donors (Lipinski definition) is 1. The molecule has 0 aliphatic heterocycles. The van der Waals surface area contributed by atoms with Crippen molar-refractivity contribution in [3.8, 4) is 6.07 Å². The molecule has 2 atom stereocenters. The Labute approximate surface area is 110 Å². The smallest absolute Gasteiger partial charge is 0.237 e. The summed E-state index contributed by atoms with van der Waals surface area (Å²) in [4.78, 5) is 14.2. The lowest BCUT2D eigenvalue weighted by atomic mass is 10.1. The van der Waals surface area contributed by atoms with Gasteiger partial charge in [-0.05, 0) is 33.1 Å². The number of rotatable bonds is 6. The Morgan fingerprint density at radius 2 is 2.06 bits per heavy atom. The summed E-state index contributed by atoms with van der Waals surface area (Å²) in [5.74, 6) is 0.0477. The molecule has 0 radical (unpaired) electrons. The Morgan fingerprint density at radius 3 is 2.56 bits per heavy atom. The van der Waals surface area contributed by atoms with Crippen LogP contribution < -0.4 is 5.32 Å². The molecule has 0 saturated heterocycles. The van der Waals surface area contributed by atoms with E-state index in [0.29, 0.717) is 12.6 Å². The van der Waals surface area contributed by atoms with Crippen LogP contribution in [0, 0.1) is 11.3 Å². The third kappa shape index (κ3) is 3.99. The first-order valence-electron chi connectivity index (χ1n) is 7.03. The SMILES string of the molecule is CCC(C)NC(=O)C(C)N(CC#N)C1CCCC1. The van der Waals surface area contributed by atoms with Gasteiger partial charge < -0.3 is 5.32 Å². The number of carbonyl (C=O) groups is 1. The van der Waals surface area contributed by atoms with Gasteiger partial charge in [-0.1, -0.05) is 19.8 Å². The predicted octanol–water partition coefficient (Wildman–Crippen LogP) is 2.06. The van der Waals surface area contributed by atoms with Crippen molar-refractivity contribution in [2.75, 3.05) is 6.54 Å². The molecule has 1 rings (SSSR count). The molecule has 1 amide bonds. The number of nitrogens with zero attached hydrogens (tertiary/aromatic N) is 2. The minimum absolute atomic E-state index is 0.0477. The van der Waals surface area contributed by atoms with Crippen molar-refractivity contribution in [2.24, 2.45) is 0 Å². The Morgan fingerprint density at radius 1 is 1.44 bits per heavy atom. The third-order valence-corrected chi connectivity index (χ3v) is 3.92. The van der Waals surface area contributed by atoms with Gasteiger partial charge in [0, 0.05) is 12.1 Å². The number of nitriles is 1. The van der Waals surface area contributed by atoms with E-state index in [-0.39, 0.29) is 18.0 Å². The standard InChI is InChI=1S/C14H25N3O/c1-4-11(2)16-14(18)12(3)17(10-9-15)13-7-5-6-8-13/h11-13H,4-8,10H2,1-3H3,(H,16,18). The van der Waals surface area contributed by atoms with E-state index in [9.17, 15) is 4.79 Å². The lowest BCUT2D eigenvalue weighted by Crippen LogP contribution is -2.50. The molecule has 1 aliphatic rings. The summed E-state index contributed by atoms with van der Waals surface area (Å²) < 4.78 is 0. The van der Waals surface area contributed by atoms with E-state index < -0.39 is 0 Å². The van der Waals surface area contributed by atoms with Crippen molar-refractivity contribution >= 4 is 5.91 Å².